The van der Waals surface area contributed by atoms with Gasteiger partial charge in [0.15, 0.2) is 0 Å². The minimum absolute atomic E-state index is 0.739. The van der Waals surface area contributed by atoms with Gasteiger partial charge < -0.3 is 10.1 Å². The van der Waals surface area contributed by atoms with Gasteiger partial charge in [-0.2, -0.15) is 0 Å². The van der Waals surface area contributed by atoms with Crippen molar-refractivity contribution >= 4 is 0 Å². The van der Waals surface area contributed by atoms with Gasteiger partial charge in [-0.05, 0) is 50.0 Å². The summed E-state index contributed by atoms with van der Waals surface area (Å²) in [5.74, 6) is 2.55. The van der Waals surface area contributed by atoms with Crippen LogP contribution in [-0.2, 0) is 4.74 Å². The van der Waals surface area contributed by atoms with Gasteiger partial charge in [0.2, 0.25) is 0 Å². The van der Waals surface area contributed by atoms with E-state index in [4.69, 9.17) is 4.74 Å². The molecule has 0 saturated heterocycles. The molecule has 1 N–H and O–H groups in total. The van der Waals surface area contributed by atoms with Gasteiger partial charge in [0.05, 0.1) is 0 Å². The standard InChI is InChI=1S/C13H25NO/c1-10(9-15-2)13-5-3-4-11(13)8-14-12-6-7-12/h10-14H,3-9H2,1-2H3. The normalized spacial score (nSPS) is 33.2. The third-order valence-corrected chi connectivity index (χ3v) is 4.12. The molecule has 2 nitrogen and oxygen atoms in total. The van der Waals surface area contributed by atoms with Gasteiger partial charge in [-0.15, -0.1) is 0 Å². The van der Waals surface area contributed by atoms with Crippen LogP contribution in [0.1, 0.15) is 39.0 Å². The number of nitrogens with one attached hydrogen (secondary N) is 1. The summed E-state index contributed by atoms with van der Waals surface area (Å²) in [6.45, 7) is 4.54. The molecule has 2 aliphatic carbocycles. The SMILES string of the molecule is COCC(C)C1CCCC1CNC1CC1. The number of hydrogen-bond acceptors (Lipinski definition) is 2. The highest BCUT2D eigenvalue weighted by molar-refractivity contribution is 4.86. The summed E-state index contributed by atoms with van der Waals surface area (Å²) in [6.07, 6.45) is 7.09. The number of rotatable bonds is 6. The van der Waals surface area contributed by atoms with Crippen molar-refractivity contribution in [3.05, 3.63) is 0 Å². The number of methoxy groups -OCH3 is 1. The lowest BCUT2D eigenvalue weighted by molar-refractivity contribution is 0.115. The molecule has 0 aliphatic heterocycles. The molecule has 2 aliphatic rings. The predicted octanol–water partition coefficient (Wildman–Crippen LogP) is 2.44. The van der Waals surface area contributed by atoms with Crippen LogP contribution in [-0.4, -0.2) is 26.3 Å². The van der Waals surface area contributed by atoms with Crippen LogP contribution >= 0.6 is 0 Å². The van der Waals surface area contributed by atoms with Gasteiger partial charge >= 0.3 is 0 Å². The molecule has 0 spiro atoms. The first-order chi connectivity index (χ1) is 7.31. The molecule has 0 aromatic carbocycles. The van der Waals surface area contributed by atoms with Crippen molar-refractivity contribution in [2.24, 2.45) is 17.8 Å². The summed E-state index contributed by atoms with van der Waals surface area (Å²) in [4.78, 5) is 0. The molecule has 2 saturated carbocycles. The first-order valence-corrected chi connectivity index (χ1v) is 6.53. The molecule has 0 radical (unpaired) electrons. The summed E-state index contributed by atoms with van der Waals surface area (Å²) in [6, 6.07) is 0.865. The highest BCUT2D eigenvalue weighted by Crippen LogP contribution is 2.37. The molecule has 0 bridgehead atoms. The molecule has 0 heterocycles. The first kappa shape index (κ1) is 11.4. The van der Waals surface area contributed by atoms with E-state index >= 15 is 0 Å². The van der Waals surface area contributed by atoms with E-state index in [9.17, 15) is 0 Å². The fourth-order valence-corrected chi connectivity index (χ4v) is 3.06. The minimum atomic E-state index is 0.739. The van der Waals surface area contributed by atoms with Crippen molar-refractivity contribution in [1.29, 1.82) is 0 Å². The van der Waals surface area contributed by atoms with Crippen molar-refractivity contribution in [2.75, 3.05) is 20.3 Å². The molecular weight excluding hydrogens is 186 g/mol. The number of ether oxygens (including phenoxy) is 1. The Hall–Kier alpha value is -0.0800. The third kappa shape index (κ3) is 3.18. The van der Waals surface area contributed by atoms with E-state index in [0.29, 0.717) is 0 Å². The Morgan fingerprint density at radius 3 is 2.73 bits per heavy atom. The van der Waals surface area contributed by atoms with Crippen molar-refractivity contribution in [3.8, 4) is 0 Å². The maximum Gasteiger partial charge on any atom is 0.0490 e. The van der Waals surface area contributed by atoms with Crippen LogP contribution in [0.25, 0.3) is 0 Å². The van der Waals surface area contributed by atoms with E-state index in [-0.39, 0.29) is 0 Å². The quantitative estimate of drug-likeness (QED) is 0.728. The van der Waals surface area contributed by atoms with E-state index in [2.05, 4.69) is 12.2 Å². The van der Waals surface area contributed by atoms with Crippen LogP contribution in [0.3, 0.4) is 0 Å². The summed E-state index contributed by atoms with van der Waals surface area (Å²) in [7, 11) is 1.82. The fraction of sp³-hybridized carbons (Fsp3) is 1.00. The summed E-state index contributed by atoms with van der Waals surface area (Å²) < 4.78 is 5.28. The zero-order chi connectivity index (χ0) is 10.7. The minimum Gasteiger partial charge on any atom is -0.384 e. The first-order valence-electron chi connectivity index (χ1n) is 6.53. The van der Waals surface area contributed by atoms with Gasteiger partial charge in [0.25, 0.3) is 0 Å². The molecule has 88 valence electrons. The van der Waals surface area contributed by atoms with Crippen LogP contribution in [0.5, 0.6) is 0 Å². The highest BCUT2D eigenvalue weighted by Gasteiger charge is 2.32. The van der Waals surface area contributed by atoms with Gasteiger partial charge in [-0.3, -0.25) is 0 Å². The third-order valence-electron chi connectivity index (χ3n) is 4.12. The molecule has 2 heteroatoms. The molecule has 0 aromatic rings. The van der Waals surface area contributed by atoms with Crippen LogP contribution in [0, 0.1) is 17.8 Å². The van der Waals surface area contributed by atoms with Crippen LogP contribution in [0.2, 0.25) is 0 Å². The Morgan fingerprint density at radius 2 is 2.07 bits per heavy atom. The van der Waals surface area contributed by atoms with E-state index in [1.807, 2.05) is 7.11 Å². The summed E-state index contributed by atoms with van der Waals surface area (Å²) in [5.41, 5.74) is 0. The Balaban J connectivity index is 1.75. The monoisotopic (exact) mass is 211 g/mol. The van der Waals surface area contributed by atoms with Crippen molar-refractivity contribution in [3.63, 3.8) is 0 Å². The summed E-state index contributed by atoms with van der Waals surface area (Å²) in [5, 5.41) is 3.68. The molecule has 0 aromatic heterocycles. The smallest absolute Gasteiger partial charge is 0.0490 e. The van der Waals surface area contributed by atoms with Gasteiger partial charge in [-0.25, -0.2) is 0 Å². The van der Waals surface area contributed by atoms with E-state index in [1.165, 1.54) is 38.6 Å². The van der Waals surface area contributed by atoms with E-state index in [1.54, 1.807) is 0 Å². The lowest BCUT2D eigenvalue weighted by Gasteiger charge is -2.25. The Morgan fingerprint density at radius 1 is 1.27 bits per heavy atom. The molecule has 15 heavy (non-hydrogen) atoms. The lowest BCUT2D eigenvalue weighted by atomic mass is 9.85. The molecule has 2 fully saturated rings. The van der Waals surface area contributed by atoms with Gasteiger partial charge in [-0.1, -0.05) is 13.3 Å². The predicted molar refractivity (Wildman–Crippen MR) is 62.9 cm³/mol. The Labute approximate surface area is 93.8 Å². The van der Waals surface area contributed by atoms with Crippen molar-refractivity contribution < 1.29 is 4.74 Å². The average molecular weight is 211 g/mol. The second-order valence-corrected chi connectivity index (χ2v) is 5.47. The summed E-state index contributed by atoms with van der Waals surface area (Å²) >= 11 is 0. The van der Waals surface area contributed by atoms with Crippen LogP contribution in [0.4, 0.5) is 0 Å². The largest absolute Gasteiger partial charge is 0.384 e. The average Bonchev–Trinajstić information content (AvgIpc) is 2.93. The highest BCUT2D eigenvalue weighted by atomic mass is 16.5. The zero-order valence-electron chi connectivity index (χ0n) is 10.2. The maximum absolute atomic E-state index is 5.28. The van der Waals surface area contributed by atoms with Crippen LogP contribution < -0.4 is 5.32 Å². The van der Waals surface area contributed by atoms with E-state index in [0.717, 1.165) is 30.4 Å². The molecule has 2 rings (SSSR count). The number of hydrogen-bond donors (Lipinski definition) is 1. The lowest BCUT2D eigenvalue weighted by Crippen LogP contribution is -2.30. The second-order valence-electron chi connectivity index (χ2n) is 5.47. The maximum atomic E-state index is 5.28. The topological polar surface area (TPSA) is 21.3 Å². The molecule has 0 amide bonds. The van der Waals surface area contributed by atoms with E-state index < -0.39 is 0 Å². The Bertz CT molecular complexity index is 191. The molecule has 3 unspecified atom stereocenters. The van der Waals surface area contributed by atoms with Gasteiger partial charge in [0.1, 0.15) is 0 Å². The van der Waals surface area contributed by atoms with Crippen LogP contribution in [0.15, 0.2) is 0 Å². The van der Waals surface area contributed by atoms with Crippen molar-refractivity contribution in [2.45, 2.75) is 45.1 Å². The fourth-order valence-electron chi connectivity index (χ4n) is 3.06. The Kier molecular flexibility index (Phi) is 4.04. The second kappa shape index (κ2) is 5.31. The molecule has 3 atom stereocenters. The zero-order valence-corrected chi connectivity index (χ0v) is 10.2. The van der Waals surface area contributed by atoms with Crippen molar-refractivity contribution in [1.82, 2.24) is 5.32 Å². The molecular formula is C13H25NO. The van der Waals surface area contributed by atoms with Gasteiger partial charge in [0, 0.05) is 19.8 Å².